The van der Waals surface area contributed by atoms with Gasteiger partial charge in [0.25, 0.3) is 0 Å². The van der Waals surface area contributed by atoms with Crippen molar-refractivity contribution >= 4 is 23.6 Å². The third-order valence-electron chi connectivity index (χ3n) is 5.64. The number of imidazole rings is 1. The number of aryl methyl sites for hydroxylation is 1. The first-order valence-corrected chi connectivity index (χ1v) is 9.11. The van der Waals surface area contributed by atoms with Crippen molar-refractivity contribution < 1.29 is 9.31 Å². The number of benzene rings is 2. The average Bonchev–Trinajstić information content (AvgIpc) is 3.07. The summed E-state index contributed by atoms with van der Waals surface area (Å²) >= 11 is 0. The van der Waals surface area contributed by atoms with E-state index < -0.39 is 0 Å². The van der Waals surface area contributed by atoms with E-state index in [0.29, 0.717) is 0 Å². The smallest absolute Gasteiger partial charge is 0.399 e. The third kappa shape index (κ3) is 2.95. The molecule has 0 bridgehead atoms. The molecule has 1 saturated heterocycles. The van der Waals surface area contributed by atoms with Gasteiger partial charge in [0.1, 0.15) is 0 Å². The second kappa shape index (κ2) is 5.97. The summed E-state index contributed by atoms with van der Waals surface area (Å²) in [5.41, 5.74) is 4.96. The molecule has 4 nitrogen and oxygen atoms in total. The fourth-order valence-electron chi connectivity index (χ4n) is 3.22. The Bertz CT molecular complexity index is 928. The maximum absolute atomic E-state index is 6.16. The minimum atomic E-state index is -0.355. The zero-order valence-electron chi connectivity index (χ0n) is 16.1. The van der Waals surface area contributed by atoms with E-state index in [4.69, 9.17) is 9.31 Å². The van der Waals surface area contributed by atoms with Crippen molar-refractivity contribution in [1.82, 2.24) is 9.55 Å². The largest absolute Gasteiger partial charge is 0.494 e. The lowest BCUT2D eigenvalue weighted by molar-refractivity contribution is 0.00578. The van der Waals surface area contributed by atoms with Crippen LogP contribution in [0.1, 0.15) is 38.8 Å². The van der Waals surface area contributed by atoms with Gasteiger partial charge in [0.05, 0.1) is 28.6 Å². The highest BCUT2D eigenvalue weighted by Gasteiger charge is 2.51. The van der Waals surface area contributed by atoms with Crippen molar-refractivity contribution in [3.05, 3.63) is 59.9 Å². The molecule has 0 spiro atoms. The molecule has 1 aromatic heterocycles. The van der Waals surface area contributed by atoms with E-state index in [1.165, 1.54) is 11.1 Å². The van der Waals surface area contributed by atoms with Crippen LogP contribution in [0.4, 0.5) is 0 Å². The van der Waals surface area contributed by atoms with Crippen molar-refractivity contribution in [3.8, 4) is 0 Å². The number of aromatic nitrogens is 2. The summed E-state index contributed by atoms with van der Waals surface area (Å²) in [4.78, 5) is 4.59. The van der Waals surface area contributed by atoms with Crippen molar-refractivity contribution in [3.63, 3.8) is 0 Å². The molecular weight excluding hydrogens is 323 g/mol. The summed E-state index contributed by atoms with van der Waals surface area (Å²) in [5.74, 6) is 0. The summed E-state index contributed by atoms with van der Waals surface area (Å²) in [7, 11) is -0.355. The van der Waals surface area contributed by atoms with Crippen LogP contribution in [0.15, 0.2) is 48.8 Å². The molecule has 134 valence electrons. The van der Waals surface area contributed by atoms with Crippen LogP contribution in [-0.2, 0) is 15.9 Å². The predicted molar refractivity (Wildman–Crippen MR) is 106 cm³/mol. The van der Waals surface area contributed by atoms with E-state index in [1.54, 1.807) is 0 Å². The van der Waals surface area contributed by atoms with E-state index in [-0.39, 0.29) is 18.3 Å². The average molecular weight is 348 g/mol. The van der Waals surface area contributed by atoms with Crippen LogP contribution in [0.5, 0.6) is 0 Å². The van der Waals surface area contributed by atoms with Gasteiger partial charge in [-0.2, -0.15) is 0 Å². The van der Waals surface area contributed by atoms with Crippen LogP contribution < -0.4 is 5.46 Å². The monoisotopic (exact) mass is 348 g/mol. The summed E-state index contributed by atoms with van der Waals surface area (Å²) < 4.78 is 14.5. The molecule has 4 rings (SSSR count). The number of nitrogens with zero attached hydrogens (tertiary/aromatic N) is 2. The zero-order chi connectivity index (χ0) is 18.5. The van der Waals surface area contributed by atoms with Gasteiger partial charge in [-0.3, -0.25) is 0 Å². The van der Waals surface area contributed by atoms with Gasteiger partial charge >= 0.3 is 7.12 Å². The Morgan fingerprint density at radius 3 is 2.27 bits per heavy atom. The summed E-state index contributed by atoms with van der Waals surface area (Å²) in [5, 5.41) is 0. The minimum Gasteiger partial charge on any atom is -0.399 e. The Labute approximate surface area is 155 Å². The molecule has 26 heavy (non-hydrogen) atoms. The number of hydrogen-bond acceptors (Lipinski definition) is 3. The number of fused-ring (bicyclic) bond motifs is 1. The zero-order valence-corrected chi connectivity index (χ0v) is 16.1. The van der Waals surface area contributed by atoms with E-state index in [1.807, 2.05) is 6.33 Å². The van der Waals surface area contributed by atoms with Crippen molar-refractivity contribution in [2.24, 2.45) is 0 Å². The SMILES string of the molecule is Cc1ccc(Cn2cnc3cc(B4OC(C)(C)C(C)(C)O4)ccc32)cc1. The molecule has 1 aliphatic heterocycles. The van der Waals surface area contributed by atoms with Crippen molar-refractivity contribution in [1.29, 1.82) is 0 Å². The van der Waals surface area contributed by atoms with Crippen LogP contribution in [-0.4, -0.2) is 27.9 Å². The first-order valence-electron chi connectivity index (χ1n) is 9.11. The summed E-state index contributed by atoms with van der Waals surface area (Å²) in [6.45, 7) is 11.2. The Morgan fingerprint density at radius 2 is 1.62 bits per heavy atom. The third-order valence-corrected chi connectivity index (χ3v) is 5.64. The van der Waals surface area contributed by atoms with Gasteiger partial charge in [0.2, 0.25) is 0 Å². The Balaban J connectivity index is 1.61. The van der Waals surface area contributed by atoms with Gasteiger partial charge in [-0.25, -0.2) is 4.98 Å². The fourth-order valence-corrected chi connectivity index (χ4v) is 3.22. The molecule has 0 atom stereocenters. The molecule has 1 fully saturated rings. The number of hydrogen-bond donors (Lipinski definition) is 0. The van der Waals surface area contributed by atoms with Crippen molar-refractivity contribution in [2.75, 3.05) is 0 Å². The van der Waals surface area contributed by atoms with Crippen molar-refractivity contribution in [2.45, 2.75) is 52.4 Å². The summed E-state index contributed by atoms with van der Waals surface area (Å²) in [6, 6.07) is 14.9. The molecule has 0 amide bonds. The molecule has 0 aliphatic carbocycles. The summed E-state index contributed by atoms with van der Waals surface area (Å²) in [6.07, 6.45) is 1.90. The minimum absolute atomic E-state index is 0.336. The van der Waals surface area contributed by atoms with Gasteiger partial charge in [-0.1, -0.05) is 35.9 Å². The van der Waals surface area contributed by atoms with E-state index in [9.17, 15) is 0 Å². The van der Waals surface area contributed by atoms with E-state index in [2.05, 4.69) is 86.6 Å². The highest BCUT2D eigenvalue weighted by Crippen LogP contribution is 2.36. The lowest BCUT2D eigenvalue weighted by Gasteiger charge is -2.32. The van der Waals surface area contributed by atoms with Crippen LogP contribution in [0.2, 0.25) is 0 Å². The molecule has 5 heteroatoms. The van der Waals surface area contributed by atoms with Crippen LogP contribution in [0.3, 0.4) is 0 Å². The van der Waals surface area contributed by atoms with Gasteiger partial charge < -0.3 is 13.9 Å². The number of rotatable bonds is 3. The maximum Gasteiger partial charge on any atom is 0.494 e. The van der Waals surface area contributed by atoms with Gasteiger partial charge in [-0.15, -0.1) is 0 Å². The van der Waals surface area contributed by atoms with E-state index in [0.717, 1.165) is 23.0 Å². The Kier molecular flexibility index (Phi) is 3.97. The second-order valence-electron chi connectivity index (χ2n) is 8.19. The van der Waals surface area contributed by atoms with Crippen LogP contribution in [0.25, 0.3) is 11.0 Å². The quantitative estimate of drug-likeness (QED) is 0.678. The predicted octanol–water partition coefficient (Wildman–Crippen LogP) is 3.69. The maximum atomic E-state index is 6.16. The lowest BCUT2D eigenvalue weighted by Crippen LogP contribution is -2.41. The standard InChI is InChI=1S/C21H25BN2O2/c1-15-6-8-16(9-7-15)13-24-14-23-18-12-17(10-11-19(18)24)22-25-20(2,3)21(4,5)26-22/h6-12,14H,13H2,1-5H3. The van der Waals surface area contributed by atoms with Gasteiger partial charge in [0, 0.05) is 6.54 Å². The molecular formula is C21H25BN2O2. The van der Waals surface area contributed by atoms with Gasteiger partial charge in [0.15, 0.2) is 0 Å². The van der Waals surface area contributed by atoms with Crippen LogP contribution >= 0.6 is 0 Å². The molecule has 3 aromatic rings. The molecule has 0 unspecified atom stereocenters. The molecule has 1 aliphatic rings. The molecule has 0 radical (unpaired) electrons. The lowest BCUT2D eigenvalue weighted by atomic mass is 9.79. The normalized spacial score (nSPS) is 18.6. The van der Waals surface area contributed by atoms with Crippen LogP contribution in [0, 0.1) is 6.92 Å². The highest BCUT2D eigenvalue weighted by molar-refractivity contribution is 6.62. The molecule has 0 saturated carbocycles. The highest BCUT2D eigenvalue weighted by atomic mass is 16.7. The Morgan fingerprint density at radius 1 is 0.962 bits per heavy atom. The first kappa shape index (κ1) is 17.3. The topological polar surface area (TPSA) is 36.3 Å². The molecule has 0 N–H and O–H groups in total. The second-order valence-corrected chi connectivity index (χ2v) is 8.19. The van der Waals surface area contributed by atoms with Gasteiger partial charge in [-0.05, 0) is 57.8 Å². The molecule has 2 aromatic carbocycles. The first-order chi connectivity index (χ1) is 12.2. The Hall–Kier alpha value is -2.11. The van der Waals surface area contributed by atoms with E-state index >= 15 is 0 Å². The fraction of sp³-hybridized carbons (Fsp3) is 0.381. The molecule has 2 heterocycles.